The Kier molecular flexibility index (Phi) is 4.14. The fourth-order valence-corrected chi connectivity index (χ4v) is 2.92. The van der Waals surface area contributed by atoms with E-state index in [0.717, 1.165) is 24.2 Å². The minimum Gasteiger partial charge on any atom is -0.508 e. The fraction of sp³-hybridized carbons (Fsp3) is 0.316. The van der Waals surface area contributed by atoms with Crippen molar-refractivity contribution < 1.29 is 5.11 Å². The molecule has 3 nitrogen and oxygen atoms in total. The zero-order valence-corrected chi connectivity index (χ0v) is 13.2. The third kappa shape index (κ3) is 2.71. The lowest BCUT2D eigenvalue weighted by Gasteiger charge is -2.04. The molecule has 22 heavy (non-hydrogen) atoms. The van der Waals surface area contributed by atoms with Crippen LogP contribution in [-0.2, 0) is 6.54 Å². The number of aromatic nitrogens is 2. The highest BCUT2D eigenvalue weighted by molar-refractivity contribution is 5.95. The van der Waals surface area contributed by atoms with Crippen LogP contribution in [0.5, 0.6) is 5.75 Å². The summed E-state index contributed by atoms with van der Waals surface area (Å²) in [6.07, 6.45) is 3.58. The Morgan fingerprint density at radius 2 is 1.82 bits per heavy atom. The zero-order chi connectivity index (χ0) is 15.5. The van der Waals surface area contributed by atoms with Crippen molar-refractivity contribution in [3.05, 3.63) is 48.0 Å². The molecule has 1 heterocycles. The first kappa shape index (κ1) is 14.6. The first-order chi connectivity index (χ1) is 10.7. The van der Waals surface area contributed by atoms with Crippen molar-refractivity contribution >= 4 is 10.9 Å². The summed E-state index contributed by atoms with van der Waals surface area (Å²) in [5, 5.41) is 15.5. The van der Waals surface area contributed by atoms with Gasteiger partial charge < -0.3 is 5.11 Å². The van der Waals surface area contributed by atoms with Gasteiger partial charge in [-0.1, -0.05) is 38.0 Å². The molecule has 114 valence electrons. The Hall–Kier alpha value is -2.29. The lowest BCUT2D eigenvalue weighted by Crippen LogP contribution is -2.01. The van der Waals surface area contributed by atoms with Crippen LogP contribution >= 0.6 is 0 Å². The molecule has 0 saturated heterocycles. The maximum atomic E-state index is 9.48. The van der Waals surface area contributed by atoms with Gasteiger partial charge in [-0.2, -0.15) is 5.10 Å². The van der Waals surface area contributed by atoms with Gasteiger partial charge in [0.1, 0.15) is 11.4 Å². The summed E-state index contributed by atoms with van der Waals surface area (Å²) in [5.74, 6) is 0.284. The first-order valence-corrected chi connectivity index (χ1v) is 7.96. The SMILES string of the molecule is CCCCCn1nc(-c2ccc(O)cc2)c2cccc(C)c21. The van der Waals surface area contributed by atoms with E-state index in [-0.39, 0.29) is 5.75 Å². The van der Waals surface area contributed by atoms with E-state index >= 15 is 0 Å². The summed E-state index contributed by atoms with van der Waals surface area (Å²) in [4.78, 5) is 0. The van der Waals surface area contributed by atoms with Crippen molar-refractivity contribution in [1.29, 1.82) is 0 Å². The normalized spacial score (nSPS) is 11.2. The van der Waals surface area contributed by atoms with E-state index in [1.54, 1.807) is 12.1 Å². The second-order valence-corrected chi connectivity index (χ2v) is 5.80. The predicted molar refractivity (Wildman–Crippen MR) is 91.1 cm³/mol. The van der Waals surface area contributed by atoms with E-state index in [0.29, 0.717) is 0 Å². The van der Waals surface area contributed by atoms with E-state index < -0.39 is 0 Å². The molecule has 0 bridgehead atoms. The molecular weight excluding hydrogens is 272 g/mol. The molecule has 0 aliphatic carbocycles. The number of phenols is 1. The summed E-state index contributed by atoms with van der Waals surface area (Å²) in [6.45, 7) is 5.31. The lowest BCUT2D eigenvalue weighted by atomic mass is 10.1. The molecule has 0 saturated carbocycles. The average molecular weight is 294 g/mol. The van der Waals surface area contributed by atoms with Crippen LogP contribution in [-0.4, -0.2) is 14.9 Å². The van der Waals surface area contributed by atoms with Gasteiger partial charge in [-0.05, 0) is 43.2 Å². The lowest BCUT2D eigenvalue weighted by molar-refractivity contribution is 0.475. The van der Waals surface area contributed by atoms with E-state index in [9.17, 15) is 5.11 Å². The largest absolute Gasteiger partial charge is 0.508 e. The van der Waals surface area contributed by atoms with Crippen LogP contribution in [0.3, 0.4) is 0 Å². The minimum absolute atomic E-state index is 0.284. The van der Waals surface area contributed by atoms with Crippen LogP contribution in [0.1, 0.15) is 31.7 Å². The van der Waals surface area contributed by atoms with Gasteiger partial charge in [0.15, 0.2) is 0 Å². The van der Waals surface area contributed by atoms with Crippen LogP contribution in [0.2, 0.25) is 0 Å². The number of fused-ring (bicyclic) bond motifs is 1. The summed E-state index contributed by atoms with van der Waals surface area (Å²) >= 11 is 0. The first-order valence-electron chi connectivity index (χ1n) is 7.96. The molecule has 0 aliphatic rings. The number of phenolic OH excluding ortho intramolecular Hbond substituents is 1. The van der Waals surface area contributed by atoms with Crippen LogP contribution in [0.4, 0.5) is 0 Å². The van der Waals surface area contributed by atoms with Crippen LogP contribution in [0.25, 0.3) is 22.2 Å². The highest BCUT2D eigenvalue weighted by Gasteiger charge is 2.13. The molecule has 3 heteroatoms. The number of nitrogens with zero attached hydrogens (tertiary/aromatic N) is 2. The van der Waals surface area contributed by atoms with Gasteiger partial charge in [-0.25, -0.2) is 0 Å². The Balaban J connectivity index is 2.10. The summed E-state index contributed by atoms with van der Waals surface area (Å²) in [7, 11) is 0. The van der Waals surface area contributed by atoms with E-state index in [2.05, 4.69) is 36.7 Å². The van der Waals surface area contributed by atoms with Crippen molar-refractivity contribution in [2.24, 2.45) is 0 Å². The number of para-hydroxylation sites is 1. The minimum atomic E-state index is 0.284. The maximum absolute atomic E-state index is 9.48. The topological polar surface area (TPSA) is 38.0 Å². The van der Waals surface area contributed by atoms with Crippen LogP contribution in [0.15, 0.2) is 42.5 Å². The van der Waals surface area contributed by atoms with Crippen molar-refractivity contribution in [3.63, 3.8) is 0 Å². The molecule has 0 atom stereocenters. The van der Waals surface area contributed by atoms with Gasteiger partial charge in [0.2, 0.25) is 0 Å². The molecule has 2 aromatic carbocycles. The van der Waals surface area contributed by atoms with Crippen molar-refractivity contribution in [2.75, 3.05) is 0 Å². The number of aromatic hydroxyl groups is 1. The Morgan fingerprint density at radius 1 is 1.05 bits per heavy atom. The smallest absolute Gasteiger partial charge is 0.115 e. The summed E-state index contributed by atoms with van der Waals surface area (Å²) < 4.78 is 2.14. The molecule has 0 spiro atoms. The Morgan fingerprint density at radius 3 is 2.55 bits per heavy atom. The number of aryl methyl sites for hydroxylation is 2. The molecule has 0 amide bonds. The van der Waals surface area contributed by atoms with Crippen LogP contribution in [0, 0.1) is 6.92 Å². The molecule has 1 N–H and O–H groups in total. The van der Waals surface area contributed by atoms with Crippen molar-refractivity contribution in [3.8, 4) is 17.0 Å². The van der Waals surface area contributed by atoms with Gasteiger partial charge >= 0.3 is 0 Å². The van der Waals surface area contributed by atoms with Gasteiger partial charge in [-0.15, -0.1) is 0 Å². The average Bonchev–Trinajstić information content (AvgIpc) is 2.89. The molecule has 1 aromatic heterocycles. The van der Waals surface area contributed by atoms with Crippen molar-refractivity contribution in [1.82, 2.24) is 9.78 Å². The highest BCUT2D eigenvalue weighted by Crippen LogP contribution is 2.30. The van der Waals surface area contributed by atoms with E-state index in [1.807, 2.05) is 12.1 Å². The molecule has 0 radical (unpaired) electrons. The number of hydrogen-bond donors (Lipinski definition) is 1. The number of benzene rings is 2. The zero-order valence-electron chi connectivity index (χ0n) is 13.2. The second-order valence-electron chi connectivity index (χ2n) is 5.80. The Bertz CT molecular complexity index is 772. The third-order valence-electron chi connectivity index (χ3n) is 4.09. The molecule has 3 rings (SSSR count). The highest BCUT2D eigenvalue weighted by atomic mass is 16.3. The quantitative estimate of drug-likeness (QED) is 0.679. The number of unbranched alkanes of at least 4 members (excludes halogenated alkanes) is 2. The van der Waals surface area contributed by atoms with E-state index in [4.69, 9.17) is 5.10 Å². The number of rotatable bonds is 5. The number of hydrogen-bond acceptors (Lipinski definition) is 2. The monoisotopic (exact) mass is 294 g/mol. The van der Waals surface area contributed by atoms with Gasteiger partial charge in [0.25, 0.3) is 0 Å². The summed E-state index contributed by atoms with van der Waals surface area (Å²) in [5.41, 5.74) is 4.52. The molecular formula is C19H22N2O. The third-order valence-corrected chi connectivity index (χ3v) is 4.09. The van der Waals surface area contributed by atoms with Crippen molar-refractivity contribution in [2.45, 2.75) is 39.7 Å². The van der Waals surface area contributed by atoms with Crippen LogP contribution < -0.4 is 0 Å². The fourth-order valence-electron chi connectivity index (χ4n) is 2.92. The predicted octanol–water partition coefficient (Wildman–Crippen LogP) is 4.91. The van der Waals surface area contributed by atoms with Gasteiger partial charge in [-0.3, -0.25) is 4.68 Å². The van der Waals surface area contributed by atoms with Gasteiger partial charge in [0, 0.05) is 17.5 Å². The molecule has 0 fully saturated rings. The standard InChI is InChI=1S/C19H22N2O/c1-3-4-5-13-21-19-14(2)7-6-8-17(19)18(20-21)15-9-11-16(22)12-10-15/h6-12,22H,3-5,13H2,1-2H3. The molecule has 3 aromatic rings. The van der Waals surface area contributed by atoms with Gasteiger partial charge in [0.05, 0.1) is 5.52 Å². The molecule has 0 aliphatic heterocycles. The second kappa shape index (κ2) is 6.22. The Labute approximate surface area is 131 Å². The maximum Gasteiger partial charge on any atom is 0.115 e. The summed E-state index contributed by atoms with van der Waals surface area (Å²) in [6, 6.07) is 13.6. The molecule has 0 unspecified atom stereocenters. The van der Waals surface area contributed by atoms with E-state index in [1.165, 1.54) is 29.3 Å².